The second-order valence-corrected chi connectivity index (χ2v) is 9.04. The average molecular weight is 512 g/mol. The van der Waals surface area contributed by atoms with Gasteiger partial charge < -0.3 is 15.3 Å². The smallest absolute Gasteiger partial charge is 0.356 e. The molecular weight excluding hydrogens is 491 g/mol. The monoisotopic (exact) mass is 511 g/mol. The number of fused-ring (bicyclic) bond motifs is 1. The van der Waals surface area contributed by atoms with Gasteiger partial charge in [0.1, 0.15) is 5.15 Å². The van der Waals surface area contributed by atoms with Gasteiger partial charge in [-0.05, 0) is 31.2 Å². The van der Waals surface area contributed by atoms with Gasteiger partial charge in [0.05, 0.1) is 22.6 Å². The molecule has 1 saturated heterocycles. The molecule has 1 aliphatic heterocycles. The highest BCUT2D eigenvalue weighted by Gasteiger charge is 2.35. The lowest BCUT2D eigenvalue weighted by atomic mass is 10.0. The fourth-order valence-electron chi connectivity index (χ4n) is 4.03. The number of hydrogen-bond acceptors (Lipinski definition) is 6. The van der Waals surface area contributed by atoms with Crippen molar-refractivity contribution in [3.05, 3.63) is 56.1 Å². The molecule has 3 heterocycles. The number of aromatic carboxylic acids is 1. The van der Waals surface area contributed by atoms with Crippen molar-refractivity contribution in [3.8, 4) is 0 Å². The van der Waals surface area contributed by atoms with E-state index in [1.165, 1.54) is 29.8 Å². The minimum atomic E-state index is -2.74. The van der Waals surface area contributed by atoms with Gasteiger partial charge in [0.25, 0.3) is 11.5 Å². The highest BCUT2D eigenvalue weighted by molar-refractivity contribution is 6.31. The molecule has 0 unspecified atom stereocenters. The van der Waals surface area contributed by atoms with Crippen molar-refractivity contribution in [2.24, 2.45) is 7.05 Å². The number of pyridine rings is 1. The van der Waals surface area contributed by atoms with Crippen molar-refractivity contribution in [1.29, 1.82) is 0 Å². The highest BCUT2D eigenvalue weighted by Crippen LogP contribution is 2.33. The fraction of sp³-hybridized carbons (Fsp3) is 0.364. The summed E-state index contributed by atoms with van der Waals surface area (Å²) in [5.41, 5.74) is 0.478. The van der Waals surface area contributed by atoms with Gasteiger partial charge in [-0.3, -0.25) is 9.36 Å². The van der Waals surface area contributed by atoms with Crippen LogP contribution in [0.25, 0.3) is 10.9 Å². The number of benzene rings is 1. The van der Waals surface area contributed by atoms with Crippen LogP contribution in [0.15, 0.2) is 29.1 Å². The fourth-order valence-corrected chi connectivity index (χ4v) is 4.40. The van der Waals surface area contributed by atoms with E-state index in [4.69, 9.17) is 23.2 Å². The molecule has 2 N–H and O–H groups in total. The molecule has 8 nitrogen and oxygen atoms in total. The van der Waals surface area contributed by atoms with Crippen LogP contribution >= 0.6 is 23.2 Å². The van der Waals surface area contributed by atoms with Crippen LogP contribution in [-0.4, -0.2) is 44.6 Å². The van der Waals surface area contributed by atoms with Gasteiger partial charge in [0.2, 0.25) is 5.95 Å². The number of rotatable bonds is 5. The Morgan fingerprint density at radius 1 is 1.21 bits per heavy atom. The minimum absolute atomic E-state index is 0.0331. The third-order valence-corrected chi connectivity index (χ3v) is 6.26. The molecule has 0 bridgehead atoms. The summed E-state index contributed by atoms with van der Waals surface area (Å²) in [6, 6.07) is 5.54. The predicted molar refractivity (Wildman–Crippen MR) is 127 cm³/mol. The van der Waals surface area contributed by atoms with Gasteiger partial charge in [-0.25, -0.2) is 23.5 Å². The summed E-state index contributed by atoms with van der Waals surface area (Å²) in [4.78, 5) is 35.0. The summed E-state index contributed by atoms with van der Waals surface area (Å²) < 4.78 is 28.7. The lowest BCUT2D eigenvalue weighted by Gasteiger charge is -2.33. The van der Waals surface area contributed by atoms with Gasteiger partial charge in [-0.2, -0.15) is 0 Å². The molecule has 4 rings (SSSR count). The van der Waals surface area contributed by atoms with Gasteiger partial charge >= 0.3 is 5.97 Å². The van der Waals surface area contributed by atoms with Crippen LogP contribution in [-0.2, 0) is 7.05 Å². The maximum atomic E-state index is 13.7. The van der Waals surface area contributed by atoms with E-state index in [-0.39, 0.29) is 59.4 Å². The molecule has 2 aromatic heterocycles. The Balaban J connectivity index is 1.79. The van der Waals surface area contributed by atoms with Crippen molar-refractivity contribution < 1.29 is 18.7 Å². The number of nitrogens with one attached hydrogen (secondary N) is 1. The summed E-state index contributed by atoms with van der Waals surface area (Å²) in [7, 11) is 1.54. The second kappa shape index (κ2) is 8.99. The van der Waals surface area contributed by atoms with E-state index >= 15 is 0 Å². The molecule has 0 radical (unpaired) electrons. The Kier molecular flexibility index (Phi) is 6.39. The Labute approximate surface area is 203 Å². The molecule has 1 fully saturated rings. The number of halogens is 4. The topological polar surface area (TPSA) is 100 Å². The zero-order valence-electron chi connectivity index (χ0n) is 18.3. The molecular formula is C22H21Cl2F2N5O3. The third-order valence-electron chi connectivity index (χ3n) is 5.83. The lowest BCUT2D eigenvalue weighted by molar-refractivity contribution is -0.0223. The molecule has 0 spiro atoms. The van der Waals surface area contributed by atoms with Crippen molar-refractivity contribution in [3.63, 3.8) is 0 Å². The minimum Gasteiger partial charge on any atom is -0.476 e. The second-order valence-electron chi connectivity index (χ2n) is 8.21. The number of hydrogen-bond donors (Lipinski definition) is 2. The average Bonchev–Trinajstić information content (AvgIpc) is 2.77. The van der Waals surface area contributed by atoms with E-state index in [2.05, 4.69) is 15.3 Å². The van der Waals surface area contributed by atoms with Crippen LogP contribution in [0.5, 0.6) is 0 Å². The summed E-state index contributed by atoms with van der Waals surface area (Å²) in [6.45, 7) is 1.88. The molecule has 12 heteroatoms. The van der Waals surface area contributed by atoms with Crippen LogP contribution in [0.1, 0.15) is 41.9 Å². The molecule has 3 aromatic rings. The number of piperidine rings is 1. The van der Waals surface area contributed by atoms with Gasteiger partial charge in [-0.1, -0.05) is 23.2 Å². The Bertz CT molecular complexity index is 1340. The number of alkyl halides is 2. The number of carboxylic acid groups (broad SMARTS) is 1. The molecule has 1 atom stereocenters. The van der Waals surface area contributed by atoms with Crippen molar-refractivity contribution >= 4 is 51.7 Å². The van der Waals surface area contributed by atoms with E-state index in [0.29, 0.717) is 16.1 Å². The van der Waals surface area contributed by atoms with Crippen LogP contribution in [0.3, 0.4) is 0 Å². The normalized spacial score (nSPS) is 16.5. The largest absolute Gasteiger partial charge is 0.476 e. The standard InChI is InChI=1S/C22H21Cl2F2N5O3/c1-11(27-15-3-4-16(24)28-18(15)20(33)34)13-9-12(23)10-14-17(13)29-21(30(2)19(14)32)31-7-5-22(25,26)6-8-31/h3-4,9-11,27H,5-8H2,1-2H3,(H,33,34)/t11-/m1/s1. The first kappa shape index (κ1) is 24.2. The van der Waals surface area contributed by atoms with Crippen molar-refractivity contribution in [2.75, 3.05) is 23.3 Å². The van der Waals surface area contributed by atoms with E-state index in [1.807, 2.05) is 0 Å². The van der Waals surface area contributed by atoms with Crippen molar-refractivity contribution in [2.45, 2.75) is 31.7 Å². The van der Waals surface area contributed by atoms with E-state index in [0.717, 1.165) is 0 Å². The van der Waals surface area contributed by atoms with E-state index in [1.54, 1.807) is 17.9 Å². The quantitative estimate of drug-likeness (QED) is 0.477. The summed E-state index contributed by atoms with van der Waals surface area (Å²) in [6.07, 6.45) is -0.651. The predicted octanol–water partition coefficient (Wildman–Crippen LogP) is 4.74. The lowest BCUT2D eigenvalue weighted by Crippen LogP contribution is -2.42. The SMILES string of the molecule is C[C@@H](Nc1ccc(Cl)nc1C(=O)O)c1cc(Cl)cc2c(=O)n(C)c(N3CCC(F)(F)CC3)nc12. The Morgan fingerprint density at radius 3 is 2.53 bits per heavy atom. The third kappa shape index (κ3) is 4.65. The molecule has 1 aliphatic rings. The van der Waals surface area contributed by atoms with E-state index in [9.17, 15) is 23.5 Å². The first-order valence-corrected chi connectivity index (χ1v) is 11.2. The van der Waals surface area contributed by atoms with Gasteiger partial charge in [0, 0.05) is 43.6 Å². The first-order chi connectivity index (χ1) is 16.0. The van der Waals surface area contributed by atoms with Crippen molar-refractivity contribution in [1.82, 2.24) is 14.5 Å². The Morgan fingerprint density at radius 2 is 1.88 bits per heavy atom. The summed E-state index contributed by atoms with van der Waals surface area (Å²) in [5.74, 6) is -3.72. The van der Waals surface area contributed by atoms with Crippen LogP contribution in [0, 0.1) is 0 Å². The maximum absolute atomic E-state index is 13.7. The maximum Gasteiger partial charge on any atom is 0.356 e. The zero-order valence-corrected chi connectivity index (χ0v) is 19.8. The number of nitrogens with zero attached hydrogens (tertiary/aromatic N) is 4. The zero-order chi connectivity index (χ0) is 24.8. The molecule has 0 saturated carbocycles. The van der Waals surface area contributed by atoms with Crippen LogP contribution < -0.4 is 15.8 Å². The number of carboxylic acids is 1. The number of carbonyl (C=O) groups is 1. The van der Waals surface area contributed by atoms with Crippen LogP contribution in [0.4, 0.5) is 20.4 Å². The van der Waals surface area contributed by atoms with Gasteiger partial charge in [-0.15, -0.1) is 0 Å². The van der Waals surface area contributed by atoms with Gasteiger partial charge in [0.15, 0.2) is 5.69 Å². The molecule has 180 valence electrons. The van der Waals surface area contributed by atoms with Crippen LogP contribution in [0.2, 0.25) is 10.2 Å². The summed E-state index contributed by atoms with van der Waals surface area (Å²) in [5, 5.41) is 13.1. The molecule has 0 amide bonds. The molecule has 34 heavy (non-hydrogen) atoms. The highest BCUT2D eigenvalue weighted by atomic mass is 35.5. The Hall–Kier alpha value is -2.98. The van der Waals surface area contributed by atoms with E-state index < -0.39 is 17.9 Å². The molecule has 0 aliphatic carbocycles. The molecule has 1 aromatic carbocycles. The number of aromatic nitrogens is 3. The number of anilines is 2. The first-order valence-electron chi connectivity index (χ1n) is 10.5. The summed E-state index contributed by atoms with van der Waals surface area (Å²) >= 11 is 12.1.